The molecule has 1 heterocycles. The fourth-order valence-electron chi connectivity index (χ4n) is 2.45. The molecule has 2 rings (SSSR count). The van der Waals surface area contributed by atoms with Gasteiger partial charge in [-0.1, -0.05) is 12.2 Å². The van der Waals surface area contributed by atoms with E-state index in [1.807, 2.05) is 0 Å². The number of ether oxygens (including phenoxy) is 2. The number of rotatable bonds is 2. The van der Waals surface area contributed by atoms with Crippen LogP contribution in [0.3, 0.4) is 0 Å². The van der Waals surface area contributed by atoms with Crippen molar-refractivity contribution in [3.63, 3.8) is 0 Å². The fourth-order valence-corrected chi connectivity index (χ4v) is 2.45. The summed E-state index contributed by atoms with van der Waals surface area (Å²) in [5.41, 5.74) is 0. The molecule has 2 aliphatic rings. The zero-order chi connectivity index (χ0) is 9.80. The first-order valence-corrected chi connectivity index (χ1v) is 5.81. The molecule has 2 heteroatoms. The molecule has 0 amide bonds. The first kappa shape index (κ1) is 10.2. The van der Waals surface area contributed by atoms with Crippen molar-refractivity contribution in [3.8, 4) is 0 Å². The van der Waals surface area contributed by atoms with Crippen LogP contribution in [0.4, 0.5) is 0 Å². The van der Waals surface area contributed by atoms with Crippen LogP contribution in [0.5, 0.6) is 0 Å². The molecule has 3 atom stereocenters. The molecule has 2 nitrogen and oxygen atoms in total. The third-order valence-corrected chi connectivity index (χ3v) is 3.21. The third-order valence-electron chi connectivity index (χ3n) is 3.21. The predicted molar refractivity (Wildman–Crippen MR) is 56.3 cm³/mol. The largest absolute Gasteiger partial charge is 0.374 e. The molecule has 14 heavy (non-hydrogen) atoms. The lowest BCUT2D eigenvalue weighted by Crippen LogP contribution is -2.27. The van der Waals surface area contributed by atoms with Crippen LogP contribution in [0.25, 0.3) is 0 Å². The highest BCUT2D eigenvalue weighted by Gasteiger charge is 2.26. The standard InChI is InChI=1S/C12H20O2/c1-2-13-11-6-5-10-4-3-9-14-12(10)8-7-11/h7-8,10-12H,2-6,9H2,1H3/t10-,11+,12+/m0/s1. The highest BCUT2D eigenvalue weighted by atomic mass is 16.5. The summed E-state index contributed by atoms with van der Waals surface area (Å²) in [6, 6.07) is 0. The minimum absolute atomic E-state index is 0.328. The summed E-state index contributed by atoms with van der Waals surface area (Å²) in [6.45, 7) is 3.80. The summed E-state index contributed by atoms with van der Waals surface area (Å²) >= 11 is 0. The van der Waals surface area contributed by atoms with E-state index in [9.17, 15) is 0 Å². The molecule has 0 aromatic carbocycles. The van der Waals surface area contributed by atoms with Gasteiger partial charge in [0.2, 0.25) is 0 Å². The Hall–Kier alpha value is -0.340. The normalized spacial score (nSPS) is 37.6. The summed E-state index contributed by atoms with van der Waals surface area (Å²) < 4.78 is 11.4. The van der Waals surface area contributed by atoms with Crippen molar-refractivity contribution in [3.05, 3.63) is 12.2 Å². The van der Waals surface area contributed by atoms with Crippen LogP contribution in [0.1, 0.15) is 32.6 Å². The second-order valence-corrected chi connectivity index (χ2v) is 4.19. The zero-order valence-corrected chi connectivity index (χ0v) is 8.95. The zero-order valence-electron chi connectivity index (χ0n) is 8.95. The molecule has 1 fully saturated rings. The van der Waals surface area contributed by atoms with Gasteiger partial charge < -0.3 is 9.47 Å². The molecule has 0 bridgehead atoms. The quantitative estimate of drug-likeness (QED) is 0.632. The number of fused-ring (bicyclic) bond motifs is 1. The van der Waals surface area contributed by atoms with Gasteiger partial charge in [0.1, 0.15) is 0 Å². The molecule has 0 aromatic rings. The summed E-state index contributed by atoms with van der Waals surface area (Å²) in [4.78, 5) is 0. The lowest BCUT2D eigenvalue weighted by atomic mass is 9.91. The van der Waals surface area contributed by atoms with Crippen LogP contribution in [0, 0.1) is 5.92 Å². The Kier molecular flexibility index (Phi) is 3.60. The van der Waals surface area contributed by atoms with Gasteiger partial charge in [-0.25, -0.2) is 0 Å². The van der Waals surface area contributed by atoms with Crippen molar-refractivity contribution in [1.82, 2.24) is 0 Å². The summed E-state index contributed by atoms with van der Waals surface area (Å²) in [7, 11) is 0. The molecule has 0 saturated carbocycles. The SMILES string of the molecule is CCO[C@H]1C=C[C@H]2OCCC[C@H]2CC1. The molecule has 0 spiro atoms. The number of hydrogen-bond donors (Lipinski definition) is 0. The van der Waals surface area contributed by atoms with Crippen LogP contribution in [-0.4, -0.2) is 25.4 Å². The van der Waals surface area contributed by atoms with Gasteiger partial charge >= 0.3 is 0 Å². The van der Waals surface area contributed by atoms with Crippen molar-refractivity contribution < 1.29 is 9.47 Å². The summed E-state index contributed by atoms with van der Waals surface area (Å²) in [5, 5.41) is 0. The molecule has 0 radical (unpaired) electrons. The molecule has 1 aliphatic heterocycles. The average Bonchev–Trinajstić information content (AvgIpc) is 2.42. The lowest BCUT2D eigenvalue weighted by molar-refractivity contribution is -0.000301. The van der Waals surface area contributed by atoms with Gasteiger partial charge in [-0.3, -0.25) is 0 Å². The highest BCUT2D eigenvalue weighted by molar-refractivity contribution is 5.01. The van der Waals surface area contributed by atoms with E-state index in [2.05, 4.69) is 19.1 Å². The van der Waals surface area contributed by atoms with Gasteiger partial charge in [0.25, 0.3) is 0 Å². The van der Waals surface area contributed by atoms with E-state index in [-0.39, 0.29) is 0 Å². The third kappa shape index (κ3) is 2.37. The second-order valence-electron chi connectivity index (χ2n) is 4.19. The van der Waals surface area contributed by atoms with Crippen molar-refractivity contribution >= 4 is 0 Å². The summed E-state index contributed by atoms with van der Waals surface area (Å²) in [5.74, 6) is 0.741. The first-order chi connectivity index (χ1) is 6.90. The molecule has 0 aromatic heterocycles. The average molecular weight is 196 g/mol. The van der Waals surface area contributed by atoms with E-state index in [1.54, 1.807) is 0 Å². The minimum Gasteiger partial charge on any atom is -0.374 e. The Morgan fingerprint density at radius 2 is 2.21 bits per heavy atom. The van der Waals surface area contributed by atoms with Crippen LogP contribution in [0.15, 0.2) is 12.2 Å². The maximum atomic E-state index is 5.75. The van der Waals surface area contributed by atoms with Crippen molar-refractivity contribution in [1.29, 1.82) is 0 Å². The van der Waals surface area contributed by atoms with Gasteiger partial charge in [-0.2, -0.15) is 0 Å². The lowest BCUT2D eigenvalue weighted by Gasteiger charge is -2.28. The predicted octanol–water partition coefficient (Wildman–Crippen LogP) is 2.54. The Balaban J connectivity index is 1.94. The smallest absolute Gasteiger partial charge is 0.0784 e. The van der Waals surface area contributed by atoms with Crippen LogP contribution >= 0.6 is 0 Å². The topological polar surface area (TPSA) is 18.5 Å². The molecule has 0 unspecified atom stereocenters. The fraction of sp³-hybridized carbons (Fsp3) is 0.833. The van der Waals surface area contributed by atoms with Crippen molar-refractivity contribution in [2.24, 2.45) is 5.92 Å². The minimum atomic E-state index is 0.328. The molecule has 1 aliphatic carbocycles. The van der Waals surface area contributed by atoms with Gasteiger partial charge in [0, 0.05) is 13.2 Å². The van der Waals surface area contributed by atoms with Gasteiger partial charge in [0.15, 0.2) is 0 Å². The highest BCUT2D eigenvalue weighted by Crippen LogP contribution is 2.29. The Morgan fingerprint density at radius 1 is 1.29 bits per heavy atom. The van der Waals surface area contributed by atoms with Crippen molar-refractivity contribution in [2.45, 2.75) is 44.8 Å². The second kappa shape index (κ2) is 4.94. The number of hydrogen-bond acceptors (Lipinski definition) is 2. The summed E-state index contributed by atoms with van der Waals surface area (Å²) in [6.07, 6.45) is 10.1. The van der Waals surface area contributed by atoms with Gasteiger partial charge in [0.05, 0.1) is 12.2 Å². The van der Waals surface area contributed by atoms with E-state index in [1.165, 1.54) is 19.3 Å². The van der Waals surface area contributed by atoms with E-state index in [0.29, 0.717) is 12.2 Å². The molecular formula is C12H20O2. The van der Waals surface area contributed by atoms with E-state index < -0.39 is 0 Å². The van der Waals surface area contributed by atoms with Crippen LogP contribution in [0.2, 0.25) is 0 Å². The van der Waals surface area contributed by atoms with E-state index in [0.717, 1.165) is 25.6 Å². The maximum absolute atomic E-state index is 5.75. The monoisotopic (exact) mass is 196 g/mol. The van der Waals surface area contributed by atoms with E-state index in [4.69, 9.17) is 9.47 Å². The Morgan fingerprint density at radius 3 is 3.07 bits per heavy atom. The molecule has 0 N–H and O–H groups in total. The molecule has 80 valence electrons. The van der Waals surface area contributed by atoms with Crippen molar-refractivity contribution in [2.75, 3.05) is 13.2 Å². The first-order valence-electron chi connectivity index (χ1n) is 5.81. The van der Waals surface area contributed by atoms with Crippen LogP contribution < -0.4 is 0 Å². The maximum Gasteiger partial charge on any atom is 0.0784 e. The van der Waals surface area contributed by atoms with Gasteiger partial charge in [-0.15, -0.1) is 0 Å². The Bertz CT molecular complexity index is 200. The Labute approximate surface area is 86.3 Å². The molecular weight excluding hydrogens is 176 g/mol. The van der Waals surface area contributed by atoms with E-state index >= 15 is 0 Å². The van der Waals surface area contributed by atoms with Gasteiger partial charge in [-0.05, 0) is 38.5 Å². The molecule has 1 saturated heterocycles. The van der Waals surface area contributed by atoms with Crippen LogP contribution in [-0.2, 0) is 9.47 Å².